The van der Waals surface area contributed by atoms with E-state index in [1.165, 1.54) is 0 Å². The van der Waals surface area contributed by atoms with Gasteiger partial charge in [-0.3, -0.25) is 14.5 Å². The number of nitrogens with one attached hydrogen (secondary N) is 1. The third-order valence-electron chi connectivity index (χ3n) is 5.30. The summed E-state index contributed by atoms with van der Waals surface area (Å²) in [5.41, 5.74) is 3.50. The highest BCUT2D eigenvalue weighted by atomic mass is 32.2. The molecule has 8 nitrogen and oxygen atoms in total. The van der Waals surface area contributed by atoms with Gasteiger partial charge in [0.05, 0.1) is 23.7 Å². The lowest BCUT2D eigenvalue weighted by Crippen LogP contribution is -2.31. The second-order valence-electron chi connectivity index (χ2n) is 7.34. The molecule has 2 heterocycles. The Bertz CT molecular complexity index is 1160. The third-order valence-corrected chi connectivity index (χ3v) is 6.79. The minimum Gasteiger partial charge on any atom is -0.465 e. The average Bonchev–Trinajstić information content (AvgIpc) is 3.18. The predicted molar refractivity (Wildman–Crippen MR) is 115 cm³/mol. The molecule has 0 radical (unpaired) electrons. The Kier molecular flexibility index (Phi) is 6.15. The zero-order chi connectivity index (χ0) is 21.8. The first-order valence-corrected chi connectivity index (χ1v) is 11.7. The summed E-state index contributed by atoms with van der Waals surface area (Å²) in [5, 5.41) is 4.29. The van der Waals surface area contributed by atoms with Crippen LogP contribution in [0.5, 0.6) is 0 Å². The van der Waals surface area contributed by atoms with Gasteiger partial charge in [-0.25, -0.2) is 13.1 Å². The number of aromatic nitrogens is 3. The standard InChI is InChI=1S/C22H24N4O4S/c1-2-30-22(27)15-26-21-7-3-6-20(19(21)14-24-26)25-31(28,29)18-10-8-16(9-11-18)17-5-4-12-23-13-17/h4-5,8-14,20,25H,2-3,6-7,15H2,1H3. The molecule has 1 aliphatic carbocycles. The van der Waals surface area contributed by atoms with Gasteiger partial charge in [-0.1, -0.05) is 18.2 Å². The van der Waals surface area contributed by atoms with Crippen LogP contribution >= 0.6 is 0 Å². The van der Waals surface area contributed by atoms with Crippen LogP contribution in [0.3, 0.4) is 0 Å². The topological polar surface area (TPSA) is 103 Å². The molecule has 162 valence electrons. The number of carbonyl (C=O) groups excluding carboxylic acids is 1. The van der Waals surface area contributed by atoms with E-state index in [-0.39, 0.29) is 23.5 Å². The number of benzene rings is 1. The van der Waals surface area contributed by atoms with E-state index in [2.05, 4.69) is 14.8 Å². The lowest BCUT2D eigenvalue weighted by Gasteiger charge is -2.24. The summed E-state index contributed by atoms with van der Waals surface area (Å²) in [4.78, 5) is 16.1. The van der Waals surface area contributed by atoms with E-state index < -0.39 is 10.0 Å². The van der Waals surface area contributed by atoms with Gasteiger partial charge in [-0.15, -0.1) is 0 Å². The molecule has 0 fully saturated rings. The van der Waals surface area contributed by atoms with Crippen molar-refractivity contribution in [3.63, 3.8) is 0 Å². The Morgan fingerprint density at radius 1 is 1.19 bits per heavy atom. The molecule has 1 atom stereocenters. The van der Waals surface area contributed by atoms with E-state index in [0.717, 1.165) is 35.2 Å². The Balaban J connectivity index is 1.52. The molecule has 3 aromatic rings. The van der Waals surface area contributed by atoms with Gasteiger partial charge in [0.15, 0.2) is 0 Å². The summed E-state index contributed by atoms with van der Waals surface area (Å²) in [6.07, 6.45) is 7.29. The highest BCUT2D eigenvalue weighted by Crippen LogP contribution is 2.31. The van der Waals surface area contributed by atoms with Gasteiger partial charge in [0.1, 0.15) is 6.54 Å². The van der Waals surface area contributed by atoms with E-state index in [1.54, 1.807) is 54.5 Å². The van der Waals surface area contributed by atoms with Crippen LogP contribution in [0.15, 0.2) is 59.9 Å². The Labute approximate surface area is 181 Å². The van der Waals surface area contributed by atoms with Crippen molar-refractivity contribution in [2.45, 2.75) is 43.7 Å². The molecule has 0 saturated heterocycles. The van der Waals surface area contributed by atoms with Crippen LogP contribution in [-0.2, 0) is 32.5 Å². The molecule has 0 saturated carbocycles. The summed E-state index contributed by atoms with van der Waals surface area (Å²) in [6, 6.07) is 10.1. The quantitative estimate of drug-likeness (QED) is 0.567. The van der Waals surface area contributed by atoms with Crippen LogP contribution in [0, 0.1) is 0 Å². The molecule has 2 aromatic heterocycles. The number of nitrogens with zero attached hydrogens (tertiary/aromatic N) is 3. The zero-order valence-corrected chi connectivity index (χ0v) is 18.0. The first-order valence-electron chi connectivity index (χ1n) is 10.2. The molecule has 0 spiro atoms. The summed E-state index contributed by atoms with van der Waals surface area (Å²) < 4.78 is 35.4. The number of rotatable bonds is 7. The van der Waals surface area contributed by atoms with Crippen LogP contribution in [0.2, 0.25) is 0 Å². The van der Waals surface area contributed by atoms with Crippen molar-refractivity contribution < 1.29 is 17.9 Å². The molecule has 31 heavy (non-hydrogen) atoms. The maximum absolute atomic E-state index is 13.0. The fourth-order valence-electron chi connectivity index (χ4n) is 3.82. The van der Waals surface area contributed by atoms with Gasteiger partial charge in [0.25, 0.3) is 0 Å². The molecule has 0 bridgehead atoms. The first kappa shape index (κ1) is 21.2. The average molecular weight is 441 g/mol. The van der Waals surface area contributed by atoms with Crippen LogP contribution in [0.1, 0.15) is 37.1 Å². The summed E-state index contributed by atoms with van der Waals surface area (Å²) in [5.74, 6) is -0.357. The molecule has 9 heteroatoms. The molecular formula is C22H24N4O4S. The monoisotopic (exact) mass is 440 g/mol. The molecule has 1 N–H and O–H groups in total. The molecule has 0 aliphatic heterocycles. The summed E-state index contributed by atoms with van der Waals surface area (Å²) in [6.45, 7) is 2.09. The second-order valence-corrected chi connectivity index (χ2v) is 9.06. The number of fused-ring (bicyclic) bond motifs is 1. The van der Waals surface area contributed by atoms with Crippen molar-refractivity contribution in [3.8, 4) is 11.1 Å². The molecule has 1 aromatic carbocycles. The highest BCUT2D eigenvalue weighted by molar-refractivity contribution is 7.89. The zero-order valence-electron chi connectivity index (χ0n) is 17.2. The van der Waals surface area contributed by atoms with E-state index in [4.69, 9.17) is 4.74 Å². The van der Waals surface area contributed by atoms with Crippen molar-refractivity contribution >= 4 is 16.0 Å². The van der Waals surface area contributed by atoms with E-state index in [9.17, 15) is 13.2 Å². The van der Waals surface area contributed by atoms with E-state index in [1.807, 2.05) is 12.1 Å². The number of hydrogen-bond acceptors (Lipinski definition) is 6. The van der Waals surface area contributed by atoms with Crippen molar-refractivity contribution in [1.29, 1.82) is 0 Å². The fourth-order valence-corrected chi connectivity index (χ4v) is 5.07. The fraction of sp³-hybridized carbons (Fsp3) is 0.318. The van der Waals surface area contributed by atoms with Gasteiger partial charge in [0, 0.05) is 23.7 Å². The normalized spacial score (nSPS) is 16.0. The lowest BCUT2D eigenvalue weighted by molar-refractivity contribution is -0.144. The van der Waals surface area contributed by atoms with Gasteiger partial charge >= 0.3 is 5.97 Å². The van der Waals surface area contributed by atoms with Gasteiger partial charge in [0.2, 0.25) is 10.0 Å². The van der Waals surface area contributed by atoms with Crippen LogP contribution < -0.4 is 4.72 Å². The minimum atomic E-state index is -3.72. The van der Waals surface area contributed by atoms with Crippen molar-refractivity contribution in [1.82, 2.24) is 19.5 Å². The highest BCUT2D eigenvalue weighted by Gasteiger charge is 2.29. The van der Waals surface area contributed by atoms with Crippen molar-refractivity contribution in [3.05, 3.63) is 66.2 Å². The molecule has 1 aliphatic rings. The van der Waals surface area contributed by atoms with Crippen LogP contribution in [0.25, 0.3) is 11.1 Å². The first-order chi connectivity index (χ1) is 15.0. The number of ether oxygens (including phenoxy) is 1. The van der Waals surface area contributed by atoms with Gasteiger partial charge in [-0.05, 0) is 55.5 Å². The maximum Gasteiger partial charge on any atom is 0.327 e. The number of esters is 1. The SMILES string of the molecule is CCOC(=O)Cn1ncc2c1CCCC2NS(=O)(=O)c1ccc(-c2cccnc2)cc1. The third kappa shape index (κ3) is 4.67. The van der Waals surface area contributed by atoms with Crippen molar-refractivity contribution in [2.24, 2.45) is 0 Å². The Morgan fingerprint density at radius 2 is 2.00 bits per heavy atom. The van der Waals surface area contributed by atoms with E-state index >= 15 is 0 Å². The largest absolute Gasteiger partial charge is 0.465 e. The molecule has 4 rings (SSSR count). The maximum atomic E-state index is 13.0. The van der Waals surface area contributed by atoms with Gasteiger partial charge < -0.3 is 4.74 Å². The minimum absolute atomic E-state index is 0.0262. The van der Waals surface area contributed by atoms with Crippen LogP contribution in [0.4, 0.5) is 0 Å². The Hall–Kier alpha value is -3.04. The number of pyridine rings is 1. The predicted octanol–water partition coefficient (Wildman–Crippen LogP) is 2.86. The molecule has 1 unspecified atom stereocenters. The number of sulfonamides is 1. The second kappa shape index (κ2) is 8.99. The lowest BCUT2D eigenvalue weighted by atomic mass is 9.94. The smallest absolute Gasteiger partial charge is 0.327 e. The summed E-state index contributed by atoms with van der Waals surface area (Å²) >= 11 is 0. The van der Waals surface area contributed by atoms with Crippen LogP contribution in [-0.4, -0.2) is 35.8 Å². The van der Waals surface area contributed by atoms with E-state index in [0.29, 0.717) is 13.0 Å². The summed E-state index contributed by atoms with van der Waals surface area (Å²) in [7, 11) is -3.72. The number of carbonyl (C=O) groups is 1. The molecular weight excluding hydrogens is 416 g/mol. The number of hydrogen-bond donors (Lipinski definition) is 1. The van der Waals surface area contributed by atoms with Gasteiger partial charge in [-0.2, -0.15) is 5.10 Å². The van der Waals surface area contributed by atoms with Crippen molar-refractivity contribution in [2.75, 3.05) is 6.61 Å². The Morgan fingerprint density at radius 3 is 2.71 bits per heavy atom. The molecule has 0 amide bonds.